The number of hydrogen-bond acceptors (Lipinski definition) is 3. The number of ether oxygens (including phenoxy) is 2. The zero-order valence-electron chi connectivity index (χ0n) is 11.0. The molecule has 0 unspecified atom stereocenters. The number of amides is 1. The fraction of sp³-hybridized carbons (Fsp3) is 0.500. The highest BCUT2D eigenvalue weighted by Gasteiger charge is 2.06. The molecule has 1 amide bonds. The van der Waals surface area contributed by atoms with E-state index in [1.807, 2.05) is 12.1 Å². The third-order valence-corrected chi connectivity index (χ3v) is 2.93. The van der Waals surface area contributed by atoms with Crippen molar-refractivity contribution in [3.8, 4) is 5.75 Å². The number of hydrogen-bond donors (Lipinski definition) is 1. The molecule has 2 N–H and O–H groups in total. The highest BCUT2D eigenvalue weighted by molar-refractivity contribution is 5.64. The highest BCUT2D eigenvalue weighted by Crippen LogP contribution is 2.24. The Kier molecular flexibility index (Phi) is 6.05. The minimum absolute atomic E-state index is 0.170. The van der Waals surface area contributed by atoms with Crippen LogP contribution in [0.5, 0.6) is 5.75 Å². The lowest BCUT2D eigenvalue weighted by Gasteiger charge is -2.13. The molecule has 0 heterocycles. The van der Waals surface area contributed by atoms with Crippen LogP contribution in [0, 0.1) is 0 Å². The first-order valence-corrected chi connectivity index (χ1v) is 6.32. The average molecular weight is 251 g/mol. The highest BCUT2D eigenvalue weighted by atomic mass is 16.6. The summed E-state index contributed by atoms with van der Waals surface area (Å²) in [7, 11) is 0. The van der Waals surface area contributed by atoms with E-state index in [4.69, 9.17) is 10.5 Å². The van der Waals surface area contributed by atoms with Gasteiger partial charge in [-0.2, -0.15) is 0 Å². The minimum Gasteiger partial charge on any atom is -0.490 e. The van der Waals surface area contributed by atoms with Crippen LogP contribution in [0.25, 0.3) is 0 Å². The molecule has 0 saturated heterocycles. The Morgan fingerprint density at radius 1 is 1.17 bits per heavy atom. The molecule has 4 heteroatoms. The maximum Gasteiger partial charge on any atom is 0.404 e. The molecule has 0 radical (unpaired) electrons. The van der Waals surface area contributed by atoms with Crippen LogP contribution < -0.4 is 10.5 Å². The number of carbonyl (C=O) groups is 1. The van der Waals surface area contributed by atoms with Crippen LogP contribution in [0.3, 0.4) is 0 Å². The van der Waals surface area contributed by atoms with Gasteiger partial charge in [0.15, 0.2) is 0 Å². The van der Waals surface area contributed by atoms with Crippen molar-refractivity contribution in [2.24, 2.45) is 5.73 Å². The first kappa shape index (κ1) is 14.4. The maximum atomic E-state index is 10.3. The van der Waals surface area contributed by atoms with E-state index in [0.29, 0.717) is 12.5 Å². The SMILES string of the molecule is CCC(CC)c1ccc(OCCOC(N)=O)cc1. The molecule has 0 spiro atoms. The Morgan fingerprint density at radius 3 is 2.28 bits per heavy atom. The molecule has 0 aliphatic heterocycles. The fourth-order valence-electron chi connectivity index (χ4n) is 1.90. The molecule has 1 aromatic rings. The van der Waals surface area contributed by atoms with Crippen molar-refractivity contribution in [2.75, 3.05) is 13.2 Å². The Morgan fingerprint density at radius 2 is 1.78 bits per heavy atom. The average Bonchev–Trinajstić information content (AvgIpc) is 2.37. The second-order valence-corrected chi connectivity index (χ2v) is 4.10. The quantitative estimate of drug-likeness (QED) is 0.757. The number of benzene rings is 1. The van der Waals surface area contributed by atoms with Gasteiger partial charge in [0.05, 0.1) is 0 Å². The van der Waals surface area contributed by atoms with Crippen LogP contribution >= 0.6 is 0 Å². The van der Waals surface area contributed by atoms with Crippen molar-refractivity contribution in [2.45, 2.75) is 32.6 Å². The molecule has 0 atom stereocenters. The van der Waals surface area contributed by atoms with Crippen molar-refractivity contribution in [3.05, 3.63) is 29.8 Å². The van der Waals surface area contributed by atoms with Gasteiger partial charge >= 0.3 is 6.09 Å². The molecular weight excluding hydrogens is 230 g/mol. The lowest BCUT2D eigenvalue weighted by atomic mass is 9.94. The predicted molar refractivity (Wildman–Crippen MR) is 70.8 cm³/mol. The van der Waals surface area contributed by atoms with Crippen molar-refractivity contribution in [1.29, 1.82) is 0 Å². The third kappa shape index (κ3) is 4.65. The predicted octanol–water partition coefficient (Wildman–Crippen LogP) is 3.06. The molecular formula is C14H21NO3. The molecule has 0 bridgehead atoms. The molecule has 18 heavy (non-hydrogen) atoms. The van der Waals surface area contributed by atoms with Gasteiger partial charge in [-0.1, -0.05) is 26.0 Å². The number of nitrogens with two attached hydrogens (primary N) is 1. The molecule has 4 nitrogen and oxygen atoms in total. The van der Waals surface area contributed by atoms with Crippen molar-refractivity contribution in [1.82, 2.24) is 0 Å². The van der Waals surface area contributed by atoms with Gasteiger partial charge in [-0.25, -0.2) is 4.79 Å². The molecule has 1 rings (SSSR count). The molecule has 0 aliphatic carbocycles. The summed E-state index contributed by atoms with van der Waals surface area (Å²) in [6.07, 6.45) is 1.51. The summed E-state index contributed by atoms with van der Waals surface area (Å²) >= 11 is 0. The summed E-state index contributed by atoms with van der Waals surface area (Å²) in [4.78, 5) is 10.3. The van der Waals surface area contributed by atoms with E-state index in [1.54, 1.807) is 0 Å². The van der Waals surface area contributed by atoms with E-state index in [0.717, 1.165) is 18.6 Å². The van der Waals surface area contributed by atoms with E-state index in [2.05, 4.69) is 30.7 Å². The Labute approximate surface area is 108 Å². The fourth-order valence-corrected chi connectivity index (χ4v) is 1.90. The van der Waals surface area contributed by atoms with Gasteiger partial charge in [-0.15, -0.1) is 0 Å². The van der Waals surface area contributed by atoms with Crippen LogP contribution in [0.1, 0.15) is 38.2 Å². The van der Waals surface area contributed by atoms with Crippen LogP contribution in [0.2, 0.25) is 0 Å². The van der Waals surface area contributed by atoms with E-state index in [1.165, 1.54) is 5.56 Å². The largest absolute Gasteiger partial charge is 0.490 e. The second kappa shape index (κ2) is 7.58. The van der Waals surface area contributed by atoms with E-state index < -0.39 is 6.09 Å². The van der Waals surface area contributed by atoms with Gasteiger partial charge in [0, 0.05) is 0 Å². The van der Waals surface area contributed by atoms with Gasteiger partial charge in [0.1, 0.15) is 19.0 Å². The monoisotopic (exact) mass is 251 g/mol. The third-order valence-electron chi connectivity index (χ3n) is 2.93. The zero-order valence-corrected chi connectivity index (χ0v) is 11.0. The number of primary amides is 1. The summed E-state index contributed by atoms with van der Waals surface area (Å²) in [6.45, 7) is 4.87. The molecule has 0 aliphatic rings. The standard InChI is InChI=1S/C14H21NO3/c1-3-11(4-2)12-5-7-13(8-6-12)17-9-10-18-14(15)16/h5-8,11H,3-4,9-10H2,1-2H3,(H2,15,16). The minimum atomic E-state index is -0.775. The zero-order chi connectivity index (χ0) is 13.4. The first-order valence-electron chi connectivity index (χ1n) is 6.32. The number of carbonyl (C=O) groups excluding carboxylic acids is 1. The molecule has 0 fully saturated rings. The van der Waals surface area contributed by atoms with Crippen LogP contribution in [-0.2, 0) is 4.74 Å². The molecule has 100 valence electrons. The molecule has 0 saturated carbocycles. The van der Waals surface area contributed by atoms with Gasteiger partial charge in [0.25, 0.3) is 0 Å². The molecule has 1 aromatic carbocycles. The van der Waals surface area contributed by atoms with Crippen LogP contribution in [-0.4, -0.2) is 19.3 Å². The normalized spacial score (nSPS) is 10.4. The summed E-state index contributed by atoms with van der Waals surface area (Å²) < 4.78 is 10.00. The van der Waals surface area contributed by atoms with Gasteiger partial charge in [-0.3, -0.25) is 0 Å². The smallest absolute Gasteiger partial charge is 0.404 e. The maximum absolute atomic E-state index is 10.3. The van der Waals surface area contributed by atoms with Crippen molar-refractivity contribution < 1.29 is 14.3 Å². The Balaban J connectivity index is 2.42. The number of rotatable bonds is 7. The summed E-state index contributed by atoms with van der Waals surface area (Å²) in [5, 5.41) is 0. The lowest BCUT2D eigenvalue weighted by Crippen LogP contribution is -2.17. The van der Waals surface area contributed by atoms with E-state index in [9.17, 15) is 4.79 Å². The molecule has 0 aromatic heterocycles. The Bertz CT molecular complexity index is 358. The van der Waals surface area contributed by atoms with Crippen molar-refractivity contribution >= 4 is 6.09 Å². The first-order chi connectivity index (χ1) is 8.67. The summed E-state index contributed by atoms with van der Waals surface area (Å²) in [5.41, 5.74) is 6.17. The van der Waals surface area contributed by atoms with E-state index >= 15 is 0 Å². The van der Waals surface area contributed by atoms with Gasteiger partial charge in [0.2, 0.25) is 0 Å². The van der Waals surface area contributed by atoms with Crippen LogP contribution in [0.15, 0.2) is 24.3 Å². The summed E-state index contributed by atoms with van der Waals surface area (Å²) in [5.74, 6) is 1.38. The van der Waals surface area contributed by atoms with Crippen molar-refractivity contribution in [3.63, 3.8) is 0 Å². The van der Waals surface area contributed by atoms with Crippen LogP contribution in [0.4, 0.5) is 4.79 Å². The lowest BCUT2D eigenvalue weighted by molar-refractivity contribution is 0.134. The second-order valence-electron chi connectivity index (χ2n) is 4.10. The van der Waals surface area contributed by atoms with E-state index in [-0.39, 0.29) is 6.61 Å². The van der Waals surface area contributed by atoms with Gasteiger partial charge < -0.3 is 15.2 Å². The Hall–Kier alpha value is -1.71. The topological polar surface area (TPSA) is 61.6 Å². The summed E-state index contributed by atoms with van der Waals surface area (Å²) in [6, 6.07) is 8.06. The van der Waals surface area contributed by atoms with Gasteiger partial charge in [-0.05, 0) is 36.5 Å².